The lowest BCUT2D eigenvalue weighted by atomic mass is 9.78. The highest BCUT2D eigenvalue weighted by atomic mass is 16.7. The van der Waals surface area contributed by atoms with Crippen molar-refractivity contribution in [2.45, 2.75) is 148 Å². The number of aromatic nitrogens is 4. The highest BCUT2D eigenvalue weighted by molar-refractivity contribution is 6.00. The topological polar surface area (TPSA) is 180 Å². The van der Waals surface area contributed by atoms with E-state index in [9.17, 15) is 19.5 Å². The molecule has 3 aliphatic heterocycles. The van der Waals surface area contributed by atoms with Crippen LogP contribution >= 0.6 is 0 Å². The van der Waals surface area contributed by atoms with Gasteiger partial charge in [-0.25, -0.2) is 4.79 Å². The molecule has 1 amide bonds. The number of carbonyl (C=O) groups is 3. The first-order chi connectivity index (χ1) is 26.9. The van der Waals surface area contributed by atoms with Crippen molar-refractivity contribution in [1.29, 1.82) is 0 Å². The number of aryl methyl sites for hydroxylation is 1. The number of ether oxygens (including phenoxy) is 5. The minimum absolute atomic E-state index is 0.0165. The summed E-state index contributed by atoms with van der Waals surface area (Å²) in [6.07, 6.45) is 0.990. The fourth-order valence-electron chi connectivity index (χ4n) is 9.10. The van der Waals surface area contributed by atoms with Crippen LogP contribution in [0.4, 0.5) is 4.79 Å². The van der Waals surface area contributed by atoms with Gasteiger partial charge in [-0.3, -0.25) is 24.2 Å². The van der Waals surface area contributed by atoms with E-state index in [-0.39, 0.29) is 24.1 Å². The molecule has 0 radical (unpaired) electrons. The van der Waals surface area contributed by atoms with Crippen LogP contribution in [0.1, 0.15) is 81.1 Å². The number of pyridine rings is 1. The fourth-order valence-corrected chi connectivity index (χ4v) is 9.10. The van der Waals surface area contributed by atoms with Crippen molar-refractivity contribution in [2.75, 3.05) is 34.3 Å². The minimum atomic E-state index is -1.24. The molecule has 57 heavy (non-hydrogen) atoms. The van der Waals surface area contributed by atoms with Gasteiger partial charge >= 0.3 is 12.1 Å². The third-order valence-electron chi connectivity index (χ3n) is 12.3. The van der Waals surface area contributed by atoms with Crippen molar-refractivity contribution in [2.24, 2.45) is 17.8 Å². The Balaban J connectivity index is 1.41. The average molecular weight is 800 g/mol. The molecule has 2 N–H and O–H groups in total. The number of amides is 1. The number of methoxy groups -OCH3 is 1. The summed E-state index contributed by atoms with van der Waals surface area (Å²) in [6, 6.07) is 4.53. The summed E-state index contributed by atoms with van der Waals surface area (Å²) in [7, 11) is 5.39. The van der Waals surface area contributed by atoms with Crippen molar-refractivity contribution >= 4 is 17.8 Å². The van der Waals surface area contributed by atoms with Gasteiger partial charge in [0.15, 0.2) is 17.7 Å². The molecule has 0 aliphatic carbocycles. The first-order valence-corrected chi connectivity index (χ1v) is 20.4. The number of aliphatic hydroxyl groups is 1. The summed E-state index contributed by atoms with van der Waals surface area (Å²) in [6.45, 7) is 16.2. The summed E-state index contributed by atoms with van der Waals surface area (Å²) < 4.78 is 33.2. The van der Waals surface area contributed by atoms with Crippen LogP contribution in [-0.4, -0.2) is 147 Å². The molecule has 2 aromatic heterocycles. The molecule has 0 bridgehead atoms. The summed E-state index contributed by atoms with van der Waals surface area (Å²) >= 11 is 0. The van der Waals surface area contributed by atoms with Crippen molar-refractivity contribution in [3.05, 3.63) is 30.6 Å². The van der Waals surface area contributed by atoms with Crippen LogP contribution in [0, 0.1) is 17.8 Å². The van der Waals surface area contributed by atoms with Crippen molar-refractivity contribution in [3.63, 3.8) is 0 Å². The maximum Gasteiger partial charge on any atom is 0.410 e. The molecule has 16 nitrogen and oxygen atoms in total. The zero-order chi connectivity index (χ0) is 41.8. The van der Waals surface area contributed by atoms with E-state index >= 15 is 0 Å². The number of hydrogen-bond acceptors (Lipinski definition) is 14. The maximum atomic E-state index is 14.4. The third kappa shape index (κ3) is 9.68. The molecule has 2 aromatic rings. The largest absolute Gasteiger partial charge is 0.458 e. The second kappa shape index (κ2) is 18.6. The SMILES string of the molecule is CC[C@H]1OC(=O)[C@H](C)C(=O)[C@@H](C)[C@@H](O[C@@H]2OC(C)CC(N(C)C)C2O)[C@](C)(OC)C[C@@H](C)CN[C@H](C)[C@H]2N(CCCn3cc(-c4ccccn4)nn3)C(=O)O[C@]12C. The average Bonchev–Trinajstić information content (AvgIpc) is 3.76. The van der Waals surface area contributed by atoms with Crippen molar-refractivity contribution < 1.29 is 43.2 Å². The summed E-state index contributed by atoms with van der Waals surface area (Å²) in [4.78, 5) is 50.2. The van der Waals surface area contributed by atoms with Crippen LogP contribution in [0.5, 0.6) is 0 Å². The molecule has 3 saturated heterocycles. The first-order valence-electron chi connectivity index (χ1n) is 20.4. The number of Topliss-reactive ketones (excluding diaryl/α,β-unsaturated/α-hetero) is 1. The van der Waals surface area contributed by atoms with Gasteiger partial charge in [-0.2, -0.15) is 0 Å². The maximum absolute atomic E-state index is 14.4. The molecule has 3 unspecified atom stereocenters. The molecular formula is C41H65N7O9. The number of nitrogens with zero attached hydrogens (tertiary/aromatic N) is 6. The molecule has 0 aromatic carbocycles. The van der Waals surface area contributed by atoms with Gasteiger partial charge in [-0.15, -0.1) is 5.10 Å². The molecule has 16 heteroatoms. The summed E-state index contributed by atoms with van der Waals surface area (Å²) in [5.41, 5.74) is -0.915. The number of fused-ring (bicyclic) bond motifs is 1. The molecule has 3 aliphatic rings. The van der Waals surface area contributed by atoms with Crippen LogP contribution < -0.4 is 5.32 Å². The zero-order valence-corrected chi connectivity index (χ0v) is 35.6. The van der Waals surface area contributed by atoms with Crippen LogP contribution in [0.15, 0.2) is 30.6 Å². The van der Waals surface area contributed by atoms with E-state index in [0.29, 0.717) is 51.0 Å². The second-order valence-corrected chi connectivity index (χ2v) is 17.0. The third-order valence-corrected chi connectivity index (χ3v) is 12.3. The molecule has 5 rings (SSSR count). The van der Waals surface area contributed by atoms with Crippen LogP contribution in [0.2, 0.25) is 0 Å². The van der Waals surface area contributed by atoms with Crippen molar-refractivity contribution in [1.82, 2.24) is 35.1 Å². The fraction of sp³-hybridized carbons (Fsp3) is 0.756. The van der Waals surface area contributed by atoms with E-state index in [4.69, 9.17) is 23.7 Å². The second-order valence-electron chi connectivity index (χ2n) is 17.0. The number of carbonyl (C=O) groups excluding carboxylic acids is 3. The number of rotatable bonds is 10. The smallest absolute Gasteiger partial charge is 0.410 e. The number of nitrogens with one attached hydrogen (secondary N) is 1. The Hall–Kier alpha value is -3.54. The molecule has 13 atom stereocenters. The highest BCUT2D eigenvalue weighted by Gasteiger charge is 2.58. The van der Waals surface area contributed by atoms with E-state index < -0.39 is 71.5 Å². The van der Waals surface area contributed by atoms with Crippen molar-refractivity contribution in [3.8, 4) is 11.4 Å². The minimum Gasteiger partial charge on any atom is -0.458 e. The van der Waals surface area contributed by atoms with Gasteiger partial charge < -0.3 is 39.0 Å². The van der Waals surface area contributed by atoms with Gasteiger partial charge in [0.1, 0.15) is 23.8 Å². The predicted octanol–water partition coefficient (Wildman–Crippen LogP) is 3.71. The number of cyclic esters (lactones) is 1. The lowest BCUT2D eigenvalue weighted by Gasteiger charge is -2.46. The molecule has 3 fully saturated rings. The molecule has 5 heterocycles. The Labute approximate surface area is 337 Å². The van der Waals surface area contributed by atoms with Gasteiger partial charge in [-0.1, -0.05) is 32.1 Å². The Bertz CT molecular complexity index is 1660. The van der Waals surface area contributed by atoms with Gasteiger partial charge in [-0.05, 0) is 99.0 Å². The highest BCUT2D eigenvalue weighted by Crippen LogP contribution is 2.40. The predicted molar refractivity (Wildman–Crippen MR) is 211 cm³/mol. The van der Waals surface area contributed by atoms with Gasteiger partial charge in [0.25, 0.3) is 0 Å². The van der Waals surface area contributed by atoms with Crippen LogP contribution in [0.3, 0.4) is 0 Å². The van der Waals surface area contributed by atoms with E-state index in [0.717, 1.165) is 5.69 Å². The van der Waals surface area contributed by atoms with Gasteiger partial charge in [0.05, 0.1) is 35.7 Å². The molecule has 0 spiro atoms. The van der Waals surface area contributed by atoms with E-state index in [2.05, 4.69) is 27.5 Å². The summed E-state index contributed by atoms with van der Waals surface area (Å²) in [5.74, 6) is -3.18. The quantitative estimate of drug-likeness (QED) is 0.262. The lowest BCUT2D eigenvalue weighted by molar-refractivity contribution is -0.295. The Morgan fingerprint density at radius 1 is 1.07 bits per heavy atom. The van der Waals surface area contributed by atoms with Gasteiger partial charge in [0.2, 0.25) is 0 Å². The van der Waals surface area contributed by atoms with E-state index in [1.54, 1.807) is 29.8 Å². The Kier molecular flexibility index (Phi) is 14.5. The van der Waals surface area contributed by atoms with Crippen LogP contribution in [0.25, 0.3) is 11.4 Å². The van der Waals surface area contributed by atoms with E-state index in [1.807, 2.05) is 78.0 Å². The number of esters is 1. The molecule has 318 valence electrons. The number of ketones is 1. The summed E-state index contributed by atoms with van der Waals surface area (Å²) in [5, 5.41) is 23.6. The lowest BCUT2D eigenvalue weighted by Crippen LogP contribution is -2.61. The van der Waals surface area contributed by atoms with E-state index in [1.165, 1.54) is 6.92 Å². The number of aliphatic hydroxyl groups excluding tert-OH is 1. The normalized spacial score (nSPS) is 37.3. The number of hydrogen-bond donors (Lipinski definition) is 2. The van der Waals surface area contributed by atoms with Gasteiger partial charge in [0, 0.05) is 44.4 Å². The Morgan fingerprint density at radius 3 is 2.46 bits per heavy atom. The number of likely N-dealkylation sites (N-methyl/N-ethyl adjacent to an activating group) is 1. The molecular weight excluding hydrogens is 734 g/mol. The Morgan fingerprint density at radius 2 is 1.81 bits per heavy atom. The molecule has 0 saturated carbocycles. The first kappa shape index (κ1) is 44.6. The standard InChI is InChI=1S/C41H65N7O9/c1-12-32-41(8)35(48(39(52)57-41)19-15-18-47-23-30(44-45-47)29-16-13-14-17-42-29)28(6)43-22-24(2)21-40(7,53-11)36(26(4)33(49)27(5)37(51)55-32)56-38-34(50)31(46(9)10)20-25(3)54-38/h13-14,16-17,23-28,31-32,34-36,38,43,50H,12,15,18-22H2,1-11H3/t24-,25?,26-,27-,28-,31?,32-,34?,35-,36-,38+,40-,41-/m1/s1. The zero-order valence-electron chi connectivity index (χ0n) is 35.6. The monoisotopic (exact) mass is 799 g/mol. The van der Waals surface area contributed by atoms with Crippen LogP contribution in [-0.2, 0) is 39.8 Å².